The van der Waals surface area contributed by atoms with Crippen molar-refractivity contribution in [3.63, 3.8) is 0 Å². The maximum Gasteiger partial charge on any atom is 0.252 e. The number of rotatable bonds is 8. The highest BCUT2D eigenvalue weighted by Crippen LogP contribution is 2.26. The summed E-state index contributed by atoms with van der Waals surface area (Å²) in [6.07, 6.45) is 1.88. The van der Waals surface area contributed by atoms with Crippen LogP contribution in [-0.4, -0.2) is 75.8 Å². The molecule has 10 nitrogen and oxygen atoms in total. The van der Waals surface area contributed by atoms with E-state index in [9.17, 15) is 24.3 Å². The van der Waals surface area contributed by atoms with Crippen molar-refractivity contribution < 1.29 is 24.3 Å². The predicted octanol–water partition coefficient (Wildman–Crippen LogP) is 1.61. The summed E-state index contributed by atoms with van der Waals surface area (Å²) in [7, 11) is 0. The summed E-state index contributed by atoms with van der Waals surface area (Å²) in [5.74, 6) is -2.11. The van der Waals surface area contributed by atoms with Gasteiger partial charge in [0.05, 0.1) is 6.04 Å². The number of phenols is 1. The van der Waals surface area contributed by atoms with Crippen LogP contribution in [0.2, 0.25) is 0 Å². The van der Waals surface area contributed by atoms with Crippen LogP contribution in [0.3, 0.4) is 0 Å². The van der Waals surface area contributed by atoms with Gasteiger partial charge in [0.25, 0.3) is 5.91 Å². The summed E-state index contributed by atoms with van der Waals surface area (Å²) in [6.45, 7) is 0.614. The highest BCUT2D eigenvalue weighted by Gasteiger charge is 2.47. The van der Waals surface area contributed by atoms with Crippen LogP contribution in [0, 0.1) is 0 Å². The van der Waals surface area contributed by atoms with Crippen molar-refractivity contribution in [1.82, 2.24) is 15.1 Å². The summed E-state index contributed by atoms with van der Waals surface area (Å²) >= 11 is 0. The number of carbonyl (C=O) groups excluding carboxylic acids is 4. The Morgan fingerprint density at radius 2 is 1.69 bits per heavy atom. The fourth-order valence-electron chi connectivity index (χ4n) is 5.97. The first-order valence-corrected chi connectivity index (χ1v) is 14.5. The van der Waals surface area contributed by atoms with E-state index in [1.807, 2.05) is 42.5 Å². The van der Waals surface area contributed by atoms with E-state index in [4.69, 9.17) is 11.5 Å². The highest BCUT2D eigenvalue weighted by molar-refractivity contribution is 6.06. The first-order valence-electron chi connectivity index (χ1n) is 14.5. The molecule has 0 unspecified atom stereocenters. The standard InChI is InChI=1S/C32H37N5O5/c33-15-3-7-27-29(39)35-26(19-21-9-12-22-5-1-2-6-23(22)17-21)31(41)36-16-4-8-28(36)32(42)37(27)30(40)25(34)18-20-10-13-24(38)14-11-20/h1-2,5-6,9-14,17,25-28,38H,3-4,7-8,15-16,18-19,33-34H2,(H,35,39)/t25-,26-,27+,28+/m0/s1. The van der Waals surface area contributed by atoms with Crippen LogP contribution in [0.15, 0.2) is 66.7 Å². The molecule has 0 aromatic heterocycles. The van der Waals surface area contributed by atoms with Crippen molar-refractivity contribution in [2.45, 2.75) is 62.7 Å². The smallest absolute Gasteiger partial charge is 0.252 e. The second-order valence-electron chi connectivity index (χ2n) is 11.1. The lowest BCUT2D eigenvalue weighted by Crippen LogP contribution is -2.59. The molecule has 2 aliphatic rings. The van der Waals surface area contributed by atoms with Crippen molar-refractivity contribution >= 4 is 34.4 Å². The van der Waals surface area contributed by atoms with Crippen LogP contribution in [0.25, 0.3) is 10.8 Å². The average Bonchev–Trinajstić information content (AvgIpc) is 3.49. The molecule has 0 radical (unpaired) electrons. The summed E-state index contributed by atoms with van der Waals surface area (Å²) in [5, 5.41) is 14.6. The minimum absolute atomic E-state index is 0.0802. The Labute approximate surface area is 244 Å². The molecule has 2 heterocycles. The molecular formula is C32H37N5O5. The number of aromatic hydroxyl groups is 1. The molecule has 0 saturated carbocycles. The lowest BCUT2D eigenvalue weighted by Gasteiger charge is -2.33. The molecule has 5 rings (SSSR count). The van der Waals surface area contributed by atoms with E-state index in [0.717, 1.165) is 21.2 Å². The number of nitrogens with one attached hydrogen (secondary N) is 1. The zero-order valence-corrected chi connectivity index (χ0v) is 23.4. The van der Waals surface area contributed by atoms with Crippen LogP contribution in [0.4, 0.5) is 0 Å². The molecule has 10 heteroatoms. The minimum Gasteiger partial charge on any atom is -0.508 e. The molecule has 3 aromatic carbocycles. The fourth-order valence-corrected chi connectivity index (χ4v) is 5.97. The van der Waals surface area contributed by atoms with Crippen LogP contribution in [0.5, 0.6) is 5.75 Å². The van der Waals surface area contributed by atoms with Crippen molar-refractivity contribution in [3.8, 4) is 5.75 Å². The van der Waals surface area contributed by atoms with E-state index in [1.165, 1.54) is 17.0 Å². The van der Waals surface area contributed by atoms with Crippen molar-refractivity contribution in [3.05, 3.63) is 77.9 Å². The fraction of sp³-hybridized carbons (Fsp3) is 0.375. The van der Waals surface area contributed by atoms with E-state index in [-0.39, 0.29) is 37.5 Å². The Bertz CT molecular complexity index is 1480. The van der Waals surface area contributed by atoms with Crippen LogP contribution < -0.4 is 16.8 Å². The third-order valence-electron chi connectivity index (χ3n) is 8.17. The molecule has 0 bridgehead atoms. The first kappa shape index (κ1) is 29.2. The van der Waals surface area contributed by atoms with Gasteiger partial charge in [-0.1, -0.05) is 54.6 Å². The number of phenolic OH excluding ortho intramolecular Hbond substituents is 1. The molecular weight excluding hydrogens is 534 g/mol. The van der Waals surface area contributed by atoms with Gasteiger partial charge in [-0.3, -0.25) is 24.1 Å². The normalized spacial score (nSPS) is 21.9. The maximum atomic E-state index is 14.1. The molecule has 6 N–H and O–H groups in total. The van der Waals surface area contributed by atoms with E-state index < -0.39 is 41.9 Å². The molecule has 0 spiro atoms. The summed E-state index contributed by atoms with van der Waals surface area (Å²) < 4.78 is 0. The second-order valence-corrected chi connectivity index (χ2v) is 11.1. The predicted molar refractivity (Wildman–Crippen MR) is 158 cm³/mol. The molecule has 42 heavy (non-hydrogen) atoms. The average molecular weight is 572 g/mol. The second kappa shape index (κ2) is 12.7. The monoisotopic (exact) mass is 571 g/mol. The third kappa shape index (κ3) is 6.14. The molecule has 3 aromatic rings. The van der Waals surface area contributed by atoms with Crippen molar-refractivity contribution in [1.29, 1.82) is 0 Å². The van der Waals surface area contributed by atoms with Gasteiger partial charge < -0.3 is 26.8 Å². The molecule has 4 atom stereocenters. The van der Waals surface area contributed by atoms with Crippen LogP contribution in [0.1, 0.15) is 36.8 Å². The molecule has 4 amide bonds. The minimum atomic E-state index is -1.16. The third-order valence-corrected chi connectivity index (χ3v) is 8.17. The number of hydrogen-bond acceptors (Lipinski definition) is 7. The quantitative estimate of drug-likeness (QED) is 0.320. The van der Waals surface area contributed by atoms with Crippen LogP contribution in [-0.2, 0) is 32.0 Å². The summed E-state index contributed by atoms with van der Waals surface area (Å²) in [5.41, 5.74) is 13.7. The van der Waals surface area contributed by atoms with E-state index in [0.29, 0.717) is 31.4 Å². The lowest BCUT2D eigenvalue weighted by molar-refractivity contribution is -0.156. The number of nitrogens with two attached hydrogens (primary N) is 2. The topological polar surface area (TPSA) is 159 Å². The van der Waals surface area contributed by atoms with Crippen LogP contribution >= 0.6 is 0 Å². The van der Waals surface area contributed by atoms with E-state index in [1.54, 1.807) is 12.1 Å². The van der Waals surface area contributed by atoms with Gasteiger partial charge in [-0.25, -0.2) is 0 Å². The Kier molecular flexibility index (Phi) is 8.84. The van der Waals surface area contributed by atoms with Gasteiger partial charge >= 0.3 is 0 Å². The molecule has 220 valence electrons. The van der Waals surface area contributed by atoms with Gasteiger partial charge in [-0.15, -0.1) is 0 Å². The first-order chi connectivity index (χ1) is 20.3. The van der Waals surface area contributed by atoms with Crippen molar-refractivity contribution in [2.24, 2.45) is 11.5 Å². The Balaban J connectivity index is 1.47. The van der Waals surface area contributed by atoms with Crippen molar-refractivity contribution in [2.75, 3.05) is 13.1 Å². The molecule has 2 fully saturated rings. The van der Waals surface area contributed by atoms with Gasteiger partial charge in [0.15, 0.2) is 0 Å². The lowest BCUT2D eigenvalue weighted by atomic mass is 10.00. The Morgan fingerprint density at radius 3 is 2.43 bits per heavy atom. The number of hydrogen-bond donors (Lipinski definition) is 4. The van der Waals surface area contributed by atoms with Gasteiger partial charge in [0.1, 0.15) is 23.9 Å². The van der Waals surface area contributed by atoms with E-state index >= 15 is 0 Å². The van der Waals surface area contributed by atoms with Gasteiger partial charge in [-0.2, -0.15) is 0 Å². The summed E-state index contributed by atoms with van der Waals surface area (Å²) in [6, 6.07) is 16.0. The highest BCUT2D eigenvalue weighted by atomic mass is 16.3. The Hall–Kier alpha value is -4.28. The zero-order chi connectivity index (χ0) is 29.8. The largest absolute Gasteiger partial charge is 0.508 e. The molecule has 2 saturated heterocycles. The number of carbonyl (C=O) groups is 4. The number of fused-ring (bicyclic) bond motifs is 2. The van der Waals surface area contributed by atoms with E-state index in [2.05, 4.69) is 5.32 Å². The van der Waals surface area contributed by atoms with Gasteiger partial charge in [0, 0.05) is 13.0 Å². The number of imide groups is 1. The molecule has 2 aliphatic heterocycles. The molecule has 0 aliphatic carbocycles. The zero-order valence-electron chi connectivity index (χ0n) is 23.4. The number of benzene rings is 3. The summed E-state index contributed by atoms with van der Waals surface area (Å²) in [4.78, 5) is 58.1. The van der Waals surface area contributed by atoms with Gasteiger partial charge in [0.2, 0.25) is 17.7 Å². The maximum absolute atomic E-state index is 14.1. The SMILES string of the molecule is NCCC[C@@H]1C(=O)N[C@@H](Cc2ccc3ccccc3c2)C(=O)N2CCC[C@@H]2C(=O)N1C(=O)[C@@H](N)Cc1ccc(O)cc1. The van der Waals surface area contributed by atoms with Gasteiger partial charge in [-0.05, 0) is 72.7 Å². The Morgan fingerprint density at radius 1 is 0.976 bits per heavy atom. The number of amides is 4. The number of nitrogens with zero attached hydrogens (tertiary/aromatic N) is 2.